The Labute approximate surface area is 232 Å². The van der Waals surface area contributed by atoms with Crippen LogP contribution in [0.3, 0.4) is 0 Å². The number of esters is 2. The highest BCUT2D eigenvalue weighted by molar-refractivity contribution is 5.66. The number of ether oxygens (including phenoxy) is 2. The van der Waals surface area contributed by atoms with Crippen LogP contribution in [0.5, 0.6) is 0 Å². The Morgan fingerprint density at radius 3 is 2.11 bits per heavy atom. The first kappa shape index (κ1) is 28.2. The van der Waals surface area contributed by atoms with Crippen molar-refractivity contribution in [2.75, 3.05) is 0 Å². The molecule has 0 bridgehead atoms. The van der Waals surface area contributed by atoms with E-state index in [1.54, 1.807) is 6.92 Å². The molecule has 0 radical (unpaired) electrons. The van der Waals surface area contributed by atoms with Gasteiger partial charge in [-0.1, -0.05) is 41.2 Å². The van der Waals surface area contributed by atoms with E-state index in [2.05, 4.69) is 41.2 Å². The van der Waals surface area contributed by atoms with Crippen molar-refractivity contribution in [2.24, 2.45) is 50.7 Å². The van der Waals surface area contributed by atoms with Crippen LogP contribution in [-0.2, 0) is 19.1 Å². The molecule has 5 saturated carbocycles. The Morgan fingerprint density at radius 2 is 1.47 bits per heavy atom. The summed E-state index contributed by atoms with van der Waals surface area (Å²) in [6, 6.07) is 0. The van der Waals surface area contributed by atoms with Gasteiger partial charge in [0.15, 0.2) is 0 Å². The van der Waals surface area contributed by atoms with Gasteiger partial charge in [-0.2, -0.15) is 0 Å². The first-order valence-electron chi connectivity index (χ1n) is 15.6. The monoisotopic (exact) mass is 526 g/mol. The van der Waals surface area contributed by atoms with Crippen molar-refractivity contribution in [1.29, 1.82) is 0 Å². The lowest BCUT2D eigenvalue weighted by Gasteiger charge is -2.63. The quantitative estimate of drug-likeness (QED) is 0.247. The molecule has 10 atom stereocenters. The Balaban J connectivity index is 1.34. The molecule has 0 N–H and O–H groups in total. The summed E-state index contributed by atoms with van der Waals surface area (Å²) in [6.45, 7) is 21.7. The van der Waals surface area contributed by atoms with E-state index < -0.39 is 0 Å². The lowest BCUT2D eigenvalue weighted by molar-refractivity contribution is -0.181. The molecular weight excluding hydrogens is 472 g/mol. The Morgan fingerprint density at radius 1 is 0.816 bits per heavy atom. The molecular formula is C34H54O4. The van der Waals surface area contributed by atoms with Gasteiger partial charge in [-0.05, 0) is 128 Å². The van der Waals surface area contributed by atoms with E-state index in [4.69, 9.17) is 9.47 Å². The lowest BCUT2D eigenvalue weighted by atomic mass is 9.41. The van der Waals surface area contributed by atoms with Gasteiger partial charge < -0.3 is 9.47 Å². The van der Waals surface area contributed by atoms with E-state index in [-0.39, 0.29) is 29.6 Å². The summed E-state index contributed by atoms with van der Waals surface area (Å²) in [5, 5.41) is 0. The molecule has 0 aromatic rings. The maximum absolute atomic E-state index is 11.9. The number of rotatable bonds is 7. The second kappa shape index (κ2) is 9.10. The molecule has 4 heteroatoms. The lowest BCUT2D eigenvalue weighted by Crippen LogP contribution is -2.58. The summed E-state index contributed by atoms with van der Waals surface area (Å²) in [6.07, 6.45) is 13.7. The van der Waals surface area contributed by atoms with Crippen LogP contribution in [-0.4, -0.2) is 24.1 Å². The van der Waals surface area contributed by atoms with E-state index in [9.17, 15) is 9.59 Å². The largest absolute Gasteiger partial charge is 0.462 e. The molecule has 38 heavy (non-hydrogen) atoms. The van der Waals surface area contributed by atoms with Gasteiger partial charge in [0, 0.05) is 19.3 Å². The topological polar surface area (TPSA) is 52.6 Å². The molecule has 0 heterocycles. The number of fused-ring (bicyclic) bond motifs is 2. The second-order valence-corrected chi connectivity index (χ2v) is 15.6. The van der Waals surface area contributed by atoms with Crippen molar-refractivity contribution in [3.05, 3.63) is 12.2 Å². The average Bonchev–Trinajstić information content (AvgIpc) is 3.40. The fraction of sp³-hybridized carbons (Fsp3) is 0.882. The van der Waals surface area contributed by atoms with E-state index in [0.29, 0.717) is 33.5 Å². The highest BCUT2D eigenvalue weighted by atomic mass is 16.5. The smallest absolute Gasteiger partial charge is 0.303 e. The maximum Gasteiger partial charge on any atom is 0.303 e. The summed E-state index contributed by atoms with van der Waals surface area (Å²) in [7, 11) is 0. The summed E-state index contributed by atoms with van der Waals surface area (Å²) >= 11 is 0. The molecule has 0 aliphatic heterocycles. The number of carbonyl (C=O) groups is 2. The highest BCUT2D eigenvalue weighted by Gasteiger charge is 2.82. The fourth-order valence-electron chi connectivity index (χ4n) is 11.9. The minimum Gasteiger partial charge on any atom is -0.462 e. The van der Waals surface area contributed by atoms with Gasteiger partial charge >= 0.3 is 11.9 Å². The fourth-order valence-corrected chi connectivity index (χ4v) is 11.9. The van der Waals surface area contributed by atoms with Gasteiger partial charge in [-0.3, -0.25) is 9.59 Å². The SMILES string of the molecule is C=C(C)C(CC[C@@H](C)[C@H]1CC[C@@]2(C)[C@@H]3CC[C@H]4C(C)(C)[C@@H](OC(C)=O)CC[C@@]45C[C@@]35CC[C@]12C)OC(C)=O. The van der Waals surface area contributed by atoms with Crippen molar-refractivity contribution >= 4 is 11.9 Å². The molecule has 0 saturated heterocycles. The minimum atomic E-state index is -0.206. The average molecular weight is 527 g/mol. The van der Waals surface area contributed by atoms with Crippen molar-refractivity contribution in [2.45, 2.75) is 138 Å². The van der Waals surface area contributed by atoms with Crippen molar-refractivity contribution < 1.29 is 19.1 Å². The van der Waals surface area contributed by atoms with Crippen LogP contribution in [0.1, 0.15) is 126 Å². The van der Waals surface area contributed by atoms with Gasteiger partial charge in [0.25, 0.3) is 0 Å². The molecule has 1 unspecified atom stereocenters. The van der Waals surface area contributed by atoms with Gasteiger partial charge in [0.2, 0.25) is 0 Å². The molecule has 5 aliphatic rings. The second-order valence-electron chi connectivity index (χ2n) is 15.6. The van der Waals surface area contributed by atoms with Crippen molar-refractivity contribution in [3.63, 3.8) is 0 Å². The Kier molecular flexibility index (Phi) is 6.76. The molecule has 214 valence electrons. The summed E-state index contributed by atoms with van der Waals surface area (Å²) < 4.78 is 11.5. The summed E-state index contributed by atoms with van der Waals surface area (Å²) in [5.41, 5.74) is 2.79. The minimum absolute atomic E-state index is 0.0640. The third kappa shape index (κ3) is 3.80. The van der Waals surface area contributed by atoms with Crippen LogP contribution in [0.4, 0.5) is 0 Å². The molecule has 2 spiro atoms. The zero-order chi connectivity index (χ0) is 27.9. The standard InChI is InChI=1S/C34H54O4/c1-21(2)26(37-23(4)35)11-10-22(3)25-14-16-32(9)28-13-12-27-30(6,7)29(38-24(5)36)15-17-33(27)20-34(28,33)19-18-31(25,32)8/h22,25-29H,1,10-20H2,2-9H3/t22-,25-,26?,27+,28+,29+,31-,32+,33-,34+/m1/s1. The Bertz CT molecular complexity index is 998. The predicted octanol–water partition coefficient (Wildman–Crippen LogP) is 8.28. The maximum atomic E-state index is 11.9. The zero-order valence-corrected chi connectivity index (χ0v) is 25.6. The summed E-state index contributed by atoms with van der Waals surface area (Å²) in [5.74, 6) is 2.53. The molecule has 4 nitrogen and oxygen atoms in total. The number of hydrogen-bond donors (Lipinski definition) is 0. The van der Waals surface area contributed by atoms with Crippen LogP contribution in [0.2, 0.25) is 0 Å². The molecule has 5 fully saturated rings. The van der Waals surface area contributed by atoms with Gasteiger partial charge in [0.1, 0.15) is 12.2 Å². The first-order valence-corrected chi connectivity index (χ1v) is 15.6. The molecule has 0 amide bonds. The van der Waals surface area contributed by atoms with Crippen LogP contribution >= 0.6 is 0 Å². The molecule has 0 aromatic heterocycles. The normalized spacial score (nSPS) is 45.9. The number of carbonyl (C=O) groups excluding carboxylic acids is 2. The van der Waals surface area contributed by atoms with Crippen LogP contribution in [0.15, 0.2) is 12.2 Å². The zero-order valence-electron chi connectivity index (χ0n) is 25.6. The third-order valence-electron chi connectivity index (χ3n) is 13.9. The first-order chi connectivity index (χ1) is 17.6. The molecule has 0 aromatic carbocycles. The van der Waals surface area contributed by atoms with Crippen molar-refractivity contribution in [3.8, 4) is 0 Å². The molecule has 5 rings (SSSR count). The van der Waals surface area contributed by atoms with Gasteiger partial charge in [-0.25, -0.2) is 0 Å². The summed E-state index contributed by atoms with van der Waals surface area (Å²) in [4.78, 5) is 23.5. The van der Waals surface area contributed by atoms with E-state index in [1.165, 1.54) is 58.3 Å². The van der Waals surface area contributed by atoms with E-state index >= 15 is 0 Å². The van der Waals surface area contributed by atoms with E-state index in [0.717, 1.165) is 36.7 Å². The van der Waals surface area contributed by atoms with Crippen LogP contribution in [0, 0.1) is 50.7 Å². The highest BCUT2D eigenvalue weighted by Crippen LogP contribution is 2.89. The van der Waals surface area contributed by atoms with Crippen molar-refractivity contribution in [1.82, 2.24) is 0 Å². The third-order valence-corrected chi connectivity index (χ3v) is 13.9. The Hall–Kier alpha value is -1.32. The van der Waals surface area contributed by atoms with E-state index in [1.807, 2.05) is 6.92 Å². The van der Waals surface area contributed by atoms with Gasteiger partial charge in [0.05, 0.1) is 0 Å². The van der Waals surface area contributed by atoms with Crippen LogP contribution in [0.25, 0.3) is 0 Å². The van der Waals surface area contributed by atoms with Crippen LogP contribution < -0.4 is 0 Å². The van der Waals surface area contributed by atoms with Gasteiger partial charge in [-0.15, -0.1) is 0 Å². The molecule has 5 aliphatic carbocycles. The predicted molar refractivity (Wildman–Crippen MR) is 151 cm³/mol. The number of hydrogen-bond acceptors (Lipinski definition) is 4.